The van der Waals surface area contributed by atoms with Gasteiger partial charge >= 0.3 is 6.61 Å². The van der Waals surface area contributed by atoms with E-state index in [0.29, 0.717) is 25.1 Å². The van der Waals surface area contributed by atoms with Gasteiger partial charge in [-0.1, -0.05) is 0 Å². The highest BCUT2D eigenvalue weighted by molar-refractivity contribution is 7.90. The SMILES string of the molecule is COc1ccc(C(=O)N2CCCc3cc(S(C)(=O)=O)ccc32)cc1OC(F)F. The van der Waals surface area contributed by atoms with Crippen LogP contribution < -0.4 is 14.4 Å². The molecule has 0 aliphatic carbocycles. The molecule has 0 saturated heterocycles. The summed E-state index contributed by atoms with van der Waals surface area (Å²) in [5, 5.41) is 0. The molecule has 0 spiro atoms. The van der Waals surface area contributed by atoms with Crippen molar-refractivity contribution in [3.63, 3.8) is 0 Å². The molecule has 1 amide bonds. The van der Waals surface area contributed by atoms with Gasteiger partial charge < -0.3 is 14.4 Å². The number of nitrogens with zero attached hydrogens (tertiary/aromatic N) is 1. The zero-order chi connectivity index (χ0) is 20.5. The topological polar surface area (TPSA) is 72.9 Å². The minimum atomic E-state index is -3.36. The zero-order valence-corrected chi connectivity index (χ0v) is 16.1. The number of methoxy groups -OCH3 is 1. The number of sulfone groups is 1. The number of ether oxygens (including phenoxy) is 2. The summed E-state index contributed by atoms with van der Waals surface area (Å²) in [5.41, 5.74) is 1.52. The van der Waals surface area contributed by atoms with Gasteiger partial charge in [0.15, 0.2) is 21.3 Å². The van der Waals surface area contributed by atoms with Gasteiger partial charge in [0.05, 0.1) is 12.0 Å². The Morgan fingerprint density at radius 1 is 1.14 bits per heavy atom. The Morgan fingerprint density at radius 3 is 2.54 bits per heavy atom. The Balaban J connectivity index is 1.96. The number of anilines is 1. The van der Waals surface area contributed by atoms with Gasteiger partial charge in [-0.15, -0.1) is 0 Å². The number of halogens is 2. The second-order valence-electron chi connectivity index (χ2n) is 6.37. The summed E-state index contributed by atoms with van der Waals surface area (Å²) in [6, 6.07) is 8.71. The van der Waals surface area contributed by atoms with Crippen LogP contribution in [0, 0.1) is 0 Å². The molecule has 6 nitrogen and oxygen atoms in total. The number of alkyl halides is 2. The minimum absolute atomic E-state index is 0.0914. The molecule has 0 aromatic heterocycles. The lowest BCUT2D eigenvalue weighted by molar-refractivity contribution is -0.0512. The van der Waals surface area contributed by atoms with Crippen LogP contribution in [-0.2, 0) is 16.3 Å². The summed E-state index contributed by atoms with van der Waals surface area (Å²) in [5.74, 6) is -0.531. The van der Waals surface area contributed by atoms with Crippen molar-refractivity contribution < 1.29 is 31.5 Å². The number of hydrogen-bond donors (Lipinski definition) is 0. The molecular formula is C19H19F2NO5S. The summed E-state index contributed by atoms with van der Waals surface area (Å²) >= 11 is 0. The van der Waals surface area contributed by atoms with Gasteiger partial charge in [0.1, 0.15) is 0 Å². The van der Waals surface area contributed by atoms with E-state index in [4.69, 9.17) is 4.74 Å². The average Bonchev–Trinajstić information content (AvgIpc) is 2.65. The number of rotatable bonds is 5. The molecular weight excluding hydrogens is 392 g/mol. The molecule has 2 aromatic carbocycles. The van der Waals surface area contributed by atoms with Gasteiger partial charge in [0.2, 0.25) is 0 Å². The first-order chi connectivity index (χ1) is 13.2. The molecule has 0 atom stereocenters. The van der Waals surface area contributed by atoms with E-state index in [0.717, 1.165) is 11.8 Å². The standard InChI is InChI=1S/C19H19F2NO5S/c1-26-16-8-5-13(11-17(16)27-19(20)21)18(23)22-9-3-4-12-10-14(28(2,24)25)6-7-15(12)22/h5-8,10-11,19H,3-4,9H2,1-2H3. The first-order valence-electron chi connectivity index (χ1n) is 8.48. The van der Waals surface area contributed by atoms with E-state index in [-0.39, 0.29) is 22.0 Å². The van der Waals surface area contributed by atoms with Crippen molar-refractivity contribution in [3.05, 3.63) is 47.5 Å². The summed E-state index contributed by atoms with van der Waals surface area (Å²) in [4.78, 5) is 14.7. The van der Waals surface area contributed by atoms with Crippen LogP contribution >= 0.6 is 0 Å². The van der Waals surface area contributed by atoms with Crippen LogP contribution in [0.25, 0.3) is 0 Å². The number of carbonyl (C=O) groups is 1. The highest BCUT2D eigenvalue weighted by Gasteiger charge is 2.26. The molecule has 0 fully saturated rings. The number of hydrogen-bond acceptors (Lipinski definition) is 5. The van der Waals surface area contributed by atoms with E-state index in [9.17, 15) is 22.0 Å². The second kappa shape index (κ2) is 7.75. The molecule has 3 rings (SSSR count). The third-order valence-corrected chi connectivity index (χ3v) is 5.58. The van der Waals surface area contributed by atoms with Gasteiger partial charge in [0, 0.05) is 24.1 Å². The molecule has 0 bridgehead atoms. The van der Waals surface area contributed by atoms with Crippen LogP contribution in [0.4, 0.5) is 14.5 Å². The first kappa shape index (κ1) is 20.1. The van der Waals surface area contributed by atoms with Crippen LogP contribution in [0.5, 0.6) is 11.5 Å². The predicted octanol–water partition coefficient (Wildman–Crippen LogP) is 3.29. The molecule has 0 N–H and O–H groups in total. The maximum Gasteiger partial charge on any atom is 0.387 e. The van der Waals surface area contributed by atoms with Gasteiger partial charge in [-0.25, -0.2) is 8.42 Å². The van der Waals surface area contributed by atoms with E-state index in [1.165, 1.54) is 36.3 Å². The fourth-order valence-corrected chi connectivity index (χ4v) is 3.84. The van der Waals surface area contributed by atoms with Crippen LogP contribution in [0.2, 0.25) is 0 Å². The molecule has 150 valence electrons. The van der Waals surface area contributed by atoms with Crippen molar-refractivity contribution in [1.82, 2.24) is 0 Å². The Labute approximate surface area is 161 Å². The largest absolute Gasteiger partial charge is 0.493 e. The lowest BCUT2D eigenvalue weighted by atomic mass is 10.0. The third kappa shape index (κ3) is 4.09. The van der Waals surface area contributed by atoms with Crippen molar-refractivity contribution >= 4 is 21.4 Å². The summed E-state index contributed by atoms with van der Waals surface area (Å²) in [6.45, 7) is -2.62. The summed E-state index contributed by atoms with van der Waals surface area (Å²) in [7, 11) is -2.04. The molecule has 1 heterocycles. The average molecular weight is 411 g/mol. The van der Waals surface area contributed by atoms with E-state index in [1.54, 1.807) is 12.1 Å². The molecule has 1 aliphatic rings. The lowest BCUT2D eigenvalue weighted by Gasteiger charge is -2.30. The van der Waals surface area contributed by atoms with E-state index >= 15 is 0 Å². The third-order valence-electron chi connectivity index (χ3n) is 4.47. The van der Waals surface area contributed by atoms with Gasteiger partial charge in [-0.2, -0.15) is 8.78 Å². The first-order valence-corrected chi connectivity index (χ1v) is 10.4. The summed E-state index contributed by atoms with van der Waals surface area (Å²) in [6.07, 6.45) is 2.43. The Bertz CT molecular complexity index is 1010. The smallest absolute Gasteiger partial charge is 0.387 e. The molecule has 9 heteroatoms. The minimum Gasteiger partial charge on any atom is -0.493 e. The molecule has 0 radical (unpaired) electrons. The maximum atomic E-state index is 13.0. The van der Waals surface area contributed by atoms with E-state index < -0.39 is 22.4 Å². The number of benzene rings is 2. The lowest BCUT2D eigenvalue weighted by Crippen LogP contribution is -2.35. The molecule has 1 aliphatic heterocycles. The Morgan fingerprint density at radius 2 is 1.89 bits per heavy atom. The number of aryl methyl sites for hydroxylation is 1. The van der Waals surface area contributed by atoms with Crippen molar-refractivity contribution in [3.8, 4) is 11.5 Å². The molecule has 2 aromatic rings. The number of carbonyl (C=O) groups excluding carboxylic acids is 1. The fourth-order valence-electron chi connectivity index (χ4n) is 3.17. The zero-order valence-electron chi connectivity index (χ0n) is 15.3. The van der Waals surface area contributed by atoms with E-state index in [2.05, 4.69) is 4.74 Å². The van der Waals surface area contributed by atoms with Gasteiger partial charge in [-0.3, -0.25) is 4.79 Å². The van der Waals surface area contributed by atoms with Gasteiger partial charge in [0.25, 0.3) is 5.91 Å². The second-order valence-corrected chi connectivity index (χ2v) is 8.38. The number of fused-ring (bicyclic) bond motifs is 1. The normalized spacial score (nSPS) is 14.0. The Kier molecular flexibility index (Phi) is 5.55. The van der Waals surface area contributed by atoms with Crippen LogP contribution in [0.3, 0.4) is 0 Å². The van der Waals surface area contributed by atoms with Crippen molar-refractivity contribution in [1.29, 1.82) is 0 Å². The van der Waals surface area contributed by atoms with Crippen LogP contribution in [0.1, 0.15) is 22.3 Å². The quantitative estimate of drug-likeness (QED) is 0.755. The highest BCUT2D eigenvalue weighted by atomic mass is 32.2. The predicted molar refractivity (Wildman–Crippen MR) is 99.2 cm³/mol. The van der Waals surface area contributed by atoms with E-state index in [1.807, 2.05) is 0 Å². The summed E-state index contributed by atoms with van der Waals surface area (Å²) < 4.78 is 58.2. The van der Waals surface area contributed by atoms with Crippen LogP contribution in [-0.4, -0.2) is 40.8 Å². The molecule has 28 heavy (non-hydrogen) atoms. The van der Waals surface area contributed by atoms with Crippen molar-refractivity contribution in [2.24, 2.45) is 0 Å². The molecule has 0 unspecified atom stereocenters. The van der Waals surface area contributed by atoms with Gasteiger partial charge in [-0.05, 0) is 54.8 Å². The highest BCUT2D eigenvalue weighted by Crippen LogP contribution is 2.33. The van der Waals surface area contributed by atoms with Crippen molar-refractivity contribution in [2.45, 2.75) is 24.3 Å². The van der Waals surface area contributed by atoms with Crippen molar-refractivity contribution in [2.75, 3.05) is 24.8 Å². The van der Waals surface area contributed by atoms with Crippen LogP contribution in [0.15, 0.2) is 41.3 Å². The molecule has 0 saturated carbocycles. The Hall–Kier alpha value is -2.68. The number of amides is 1. The fraction of sp³-hybridized carbons (Fsp3) is 0.316. The monoisotopic (exact) mass is 411 g/mol. The maximum absolute atomic E-state index is 13.0.